The number of benzene rings is 1. The van der Waals surface area contributed by atoms with Crippen LogP contribution in [0, 0.1) is 5.82 Å². The van der Waals surface area contributed by atoms with Crippen molar-refractivity contribution in [2.45, 2.75) is 12.4 Å². The quantitative estimate of drug-likeness (QED) is 0.497. The van der Waals surface area contributed by atoms with Gasteiger partial charge in [-0.25, -0.2) is 14.4 Å². The highest BCUT2D eigenvalue weighted by Gasteiger charge is 2.40. The Morgan fingerprint density at radius 1 is 1.10 bits per heavy atom. The number of carbonyl (C=O) groups excluding carboxylic acids is 1. The molecule has 0 saturated carbocycles. The van der Waals surface area contributed by atoms with E-state index in [1.165, 1.54) is 6.07 Å². The second kappa shape index (κ2) is 11.2. The third kappa shape index (κ3) is 6.89. The zero-order chi connectivity index (χ0) is 29.2. The van der Waals surface area contributed by atoms with Crippen LogP contribution in [0.3, 0.4) is 0 Å². The van der Waals surface area contributed by atoms with Gasteiger partial charge in [-0.3, -0.25) is 4.79 Å². The number of carbonyl (C=O) groups is 1. The fraction of sp³-hybridized carbons (Fsp3) is 0.320. The third-order valence-corrected chi connectivity index (χ3v) is 6.04. The van der Waals surface area contributed by atoms with E-state index in [4.69, 9.17) is 0 Å². The summed E-state index contributed by atoms with van der Waals surface area (Å²) in [6.45, 7) is 3.93. The zero-order valence-corrected chi connectivity index (χ0v) is 21.0. The number of alkyl halides is 6. The average molecular weight is 572 g/mol. The molecular weight excluding hydrogens is 549 g/mol. The van der Waals surface area contributed by atoms with E-state index < -0.39 is 47.8 Å². The van der Waals surface area contributed by atoms with Crippen molar-refractivity contribution in [2.75, 3.05) is 50.1 Å². The Labute approximate surface area is 223 Å². The summed E-state index contributed by atoms with van der Waals surface area (Å²) < 4.78 is 97.9. The number of dihydropyridines is 1. The second-order valence-electron chi connectivity index (χ2n) is 9.04. The largest absolute Gasteiger partial charge is 0.454 e. The van der Waals surface area contributed by atoms with Crippen molar-refractivity contribution >= 4 is 17.3 Å². The van der Waals surface area contributed by atoms with E-state index in [0.717, 1.165) is 24.7 Å². The Kier molecular flexibility index (Phi) is 8.05. The summed E-state index contributed by atoms with van der Waals surface area (Å²) in [6, 6.07) is 1.75. The molecule has 0 radical (unpaired) electrons. The van der Waals surface area contributed by atoms with Crippen molar-refractivity contribution in [3.8, 4) is 17.1 Å². The molecule has 1 amide bonds. The lowest BCUT2D eigenvalue weighted by molar-refractivity contribution is -0.154. The summed E-state index contributed by atoms with van der Waals surface area (Å²) in [6.07, 6.45) is -5.82. The first-order chi connectivity index (χ1) is 18.7. The van der Waals surface area contributed by atoms with Crippen LogP contribution in [0.2, 0.25) is 0 Å². The van der Waals surface area contributed by atoms with Crippen molar-refractivity contribution in [2.24, 2.45) is 0 Å². The van der Waals surface area contributed by atoms with Gasteiger partial charge >= 0.3 is 18.4 Å². The van der Waals surface area contributed by atoms with Gasteiger partial charge in [0.2, 0.25) is 0 Å². The van der Waals surface area contributed by atoms with E-state index in [2.05, 4.69) is 31.9 Å². The highest BCUT2D eigenvalue weighted by Crippen LogP contribution is 2.37. The fourth-order valence-electron chi connectivity index (χ4n) is 4.02. The highest BCUT2D eigenvalue weighted by molar-refractivity contribution is 6.09. The molecule has 15 heteroatoms. The van der Waals surface area contributed by atoms with Crippen molar-refractivity contribution < 1.29 is 40.3 Å². The Balaban J connectivity index is 1.69. The lowest BCUT2D eigenvalue weighted by Crippen LogP contribution is -2.44. The zero-order valence-electron chi connectivity index (χ0n) is 21.0. The normalized spacial score (nSPS) is 16.7. The van der Waals surface area contributed by atoms with Crippen LogP contribution >= 0.6 is 0 Å². The molecule has 1 aromatic heterocycles. The molecule has 3 heterocycles. The van der Waals surface area contributed by atoms with Crippen molar-refractivity contribution in [1.82, 2.24) is 20.2 Å². The lowest BCUT2D eigenvalue weighted by Gasteiger charge is -2.35. The summed E-state index contributed by atoms with van der Waals surface area (Å²) in [4.78, 5) is 24.3. The van der Waals surface area contributed by atoms with E-state index in [9.17, 15) is 31.1 Å². The van der Waals surface area contributed by atoms with Crippen LogP contribution in [0.15, 0.2) is 60.2 Å². The first kappa shape index (κ1) is 28.9. The molecule has 2 N–H and O–H groups in total. The lowest BCUT2D eigenvalue weighted by atomic mass is 10.0. The number of amides is 1. The van der Waals surface area contributed by atoms with E-state index >= 15 is 4.39 Å². The SMILES string of the molecule is C=C1C=C(C(F)(F)F)C(C(=O)Nc2cc(-c3cnc(OCC(F)(F)F)nc3)c(F)cc2N2CCN(C)CC2)=CN1. The Bertz CT molecular complexity index is 1350. The molecule has 4 rings (SSSR count). The molecule has 8 nitrogen and oxygen atoms in total. The van der Waals surface area contributed by atoms with Gasteiger partial charge in [0.15, 0.2) is 6.61 Å². The number of anilines is 2. The molecule has 0 spiro atoms. The molecule has 0 unspecified atom stereocenters. The number of hydrogen-bond acceptors (Lipinski definition) is 7. The highest BCUT2D eigenvalue weighted by atomic mass is 19.4. The first-order valence-electron chi connectivity index (χ1n) is 11.8. The minimum atomic E-state index is -4.85. The molecule has 2 aliphatic rings. The number of allylic oxidation sites excluding steroid dienone is 1. The maximum Gasteiger partial charge on any atom is 0.422 e. The summed E-state index contributed by atoms with van der Waals surface area (Å²) >= 11 is 0. The fourth-order valence-corrected chi connectivity index (χ4v) is 4.02. The summed E-state index contributed by atoms with van der Waals surface area (Å²) in [5.74, 6) is -1.88. The van der Waals surface area contributed by atoms with Crippen LogP contribution in [0.5, 0.6) is 6.01 Å². The van der Waals surface area contributed by atoms with Crippen molar-refractivity contribution in [3.63, 3.8) is 0 Å². The molecule has 2 aliphatic heterocycles. The van der Waals surface area contributed by atoms with Gasteiger partial charge < -0.3 is 25.2 Å². The minimum Gasteiger partial charge on any atom is -0.454 e. The van der Waals surface area contributed by atoms with Crippen molar-refractivity contribution in [3.05, 3.63) is 66.0 Å². The summed E-state index contributed by atoms with van der Waals surface area (Å²) in [7, 11) is 1.90. The number of hydrogen-bond donors (Lipinski definition) is 2. The first-order valence-corrected chi connectivity index (χ1v) is 11.8. The van der Waals surface area contributed by atoms with Crippen LogP contribution in [-0.4, -0.2) is 73.0 Å². The predicted molar refractivity (Wildman–Crippen MR) is 132 cm³/mol. The van der Waals surface area contributed by atoms with Crippen LogP contribution in [0.25, 0.3) is 11.1 Å². The van der Waals surface area contributed by atoms with E-state index in [1.54, 1.807) is 4.90 Å². The smallest absolute Gasteiger partial charge is 0.422 e. The Hall–Kier alpha value is -4.14. The Morgan fingerprint density at radius 3 is 2.35 bits per heavy atom. The molecule has 0 aliphatic carbocycles. The van der Waals surface area contributed by atoms with E-state index in [0.29, 0.717) is 32.3 Å². The number of piperazine rings is 1. The summed E-state index contributed by atoms with van der Waals surface area (Å²) in [5, 5.41) is 4.95. The van der Waals surface area contributed by atoms with Crippen molar-refractivity contribution in [1.29, 1.82) is 0 Å². The molecule has 214 valence electrons. The van der Waals surface area contributed by atoms with Crippen LogP contribution in [0.4, 0.5) is 42.1 Å². The topological polar surface area (TPSA) is 82.6 Å². The molecular formula is C25H23F7N6O2. The maximum atomic E-state index is 15.3. The molecule has 0 bridgehead atoms. The minimum absolute atomic E-state index is 0.00942. The average Bonchev–Trinajstić information content (AvgIpc) is 2.88. The standard InChI is InChI=1S/C25H23F7N6O2/c1-14-7-18(25(30,31)32)17(12-33-14)22(39)36-20-8-16(15-10-34-23(35-11-15)40-13-24(27,28)29)19(26)9-21(20)38-5-3-37(2)4-6-38/h7-12,33H,1,3-6,13H2,2H3,(H,36,39). The van der Waals surface area contributed by atoms with E-state index in [-0.39, 0.29) is 28.2 Å². The number of rotatable bonds is 6. The number of nitrogens with one attached hydrogen (secondary N) is 2. The molecule has 1 aromatic carbocycles. The monoisotopic (exact) mass is 572 g/mol. The Morgan fingerprint density at radius 2 is 1.75 bits per heavy atom. The number of ether oxygens (including phenoxy) is 1. The van der Waals surface area contributed by atoms with Gasteiger partial charge in [0.25, 0.3) is 5.91 Å². The van der Waals surface area contributed by atoms with Gasteiger partial charge in [0.05, 0.1) is 22.5 Å². The maximum absolute atomic E-state index is 15.3. The molecule has 2 aromatic rings. The van der Waals surface area contributed by atoms with E-state index in [1.807, 2.05) is 11.9 Å². The van der Waals surface area contributed by atoms with Gasteiger partial charge in [-0.2, -0.15) is 26.3 Å². The molecule has 0 atom stereocenters. The number of aromatic nitrogens is 2. The van der Waals surface area contributed by atoms with Crippen LogP contribution < -0.4 is 20.3 Å². The van der Waals surface area contributed by atoms with Gasteiger partial charge in [-0.1, -0.05) is 6.58 Å². The van der Waals surface area contributed by atoms with Gasteiger partial charge in [-0.05, 0) is 25.3 Å². The van der Waals surface area contributed by atoms with Crippen LogP contribution in [0.1, 0.15) is 0 Å². The number of likely N-dealkylation sites (N-methyl/N-ethyl adjacent to an activating group) is 1. The molecule has 1 fully saturated rings. The molecule has 1 saturated heterocycles. The van der Waals surface area contributed by atoms with Gasteiger partial charge in [0.1, 0.15) is 5.82 Å². The van der Waals surface area contributed by atoms with Gasteiger partial charge in [0, 0.05) is 61.6 Å². The number of nitrogens with zero attached hydrogens (tertiary/aromatic N) is 4. The summed E-state index contributed by atoms with van der Waals surface area (Å²) in [5.41, 5.74) is -1.84. The number of halogens is 7. The molecule has 40 heavy (non-hydrogen) atoms. The second-order valence-corrected chi connectivity index (χ2v) is 9.04. The third-order valence-electron chi connectivity index (χ3n) is 6.04. The van der Waals surface area contributed by atoms with Gasteiger partial charge in [-0.15, -0.1) is 0 Å². The van der Waals surface area contributed by atoms with Crippen LogP contribution in [-0.2, 0) is 4.79 Å². The predicted octanol–water partition coefficient (Wildman–Crippen LogP) is 4.40.